The van der Waals surface area contributed by atoms with Gasteiger partial charge in [-0.05, 0) is 36.8 Å². The van der Waals surface area contributed by atoms with Crippen LogP contribution in [0.1, 0.15) is 43.1 Å². The third-order valence-electron chi connectivity index (χ3n) is 5.42. The maximum Gasteiger partial charge on any atom is 0.338 e. The molecule has 0 unspecified atom stereocenters. The van der Waals surface area contributed by atoms with E-state index in [1.165, 1.54) is 36.2 Å². The molecule has 0 fully saturated rings. The summed E-state index contributed by atoms with van der Waals surface area (Å²) in [6, 6.07) is 14.9. The summed E-state index contributed by atoms with van der Waals surface area (Å²) >= 11 is 0. The van der Waals surface area contributed by atoms with Crippen LogP contribution in [0, 0.1) is 11.3 Å². The summed E-state index contributed by atoms with van der Waals surface area (Å²) in [5.41, 5.74) is 1.08. The molecule has 0 spiro atoms. The molecule has 11 nitrogen and oxygen atoms in total. The molecule has 2 aromatic carbocycles. The number of amides is 3. The van der Waals surface area contributed by atoms with Crippen molar-refractivity contribution in [2.24, 2.45) is 0 Å². The highest BCUT2D eigenvalue weighted by Gasteiger charge is 2.35. The third kappa shape index (κ3) is 4.84. The van der Waals surface area contributed by atoms with Gasteiger partial charge in [0.05, 0.1) is 28.6 Å². The van der Waals surface area contributed by atoms with Crippen LogP contribution < -0.4 is 5.32 Å². The second kappa shape index (κ2) is 10.6. The number of aromatic nitrogens is 2. The smallest absolute Gasteiger partial charge is 0.338 e. The average molecular weight is 487 g/mol. The van der Waals surface area contributed by atoms with Crippen molar-refractivity contribution in [2.45, 2.75) is 6.42 Å². The van der Waals surface area contributed by atoms with Crippen LogP contribution in [0.5, 0.6) is 0 Å². The third-order valence-corrected chi connectivity index (χ3v) is 5.42. The Hall–Kier alpha value is -4.82. The summed E-state index contributed by atoms with van der Waals surface area (Å²) in [4.78, 5) is 51.3. The summed E-state index contributed by atoms with van der Waals surface area (Å²) < 4.78 is 11.4. The first kappa shape index (κ1) is 24.3. The number of esters is 1. The van der Waals surface area contributed by atoms with Crippen molar-refractivity contribution in [3.63, 3.8) is 0 Å². The lowest BCUT2D eigenvalue weighted by Gasteiger charge is -2.12. The lowest BCUT2D eigenvalue weighted by molar-refractivity contribution is -0.119. The number of imide groups is 1. The lowest BCUT2D eigenvalue weighted by Crippen LogP contribution is -2.31. The number of rotatable bonds is 9. The van der Waals surface area contributed by atoms with E-state index in [-0.39, 0.29) is 34.6 Å². The molecule has 1 N–H and O–H groups in total. The summed E-state index contributed by atoms with van der Waals surface area (Å²) in [6.07, 6.45) is 1.80. The SMILES string of the molecule is COCCCN1C(=O)c2ccc(C(=O)OCC(=O)Nc3c(C#N)cnn3-c3ccccc3)cc2C1=O. The van der Waals surface area contributed by atoms with Crippen molar-refractivity contribution in [3.8, 4) is 11.8 Å². The Balaban J connectivity index is 1.41. The monoisotopic (exact) mass is 487 g/mol. The minimum Gasteiger partial charge on any atom is -0.452 e. The van der Waals surface area contributed by atoms with Crippen LogP contribution in [-0.2, 0) is 14.3 Å². The van der Waals surface area contributed by atoms with Crippen LogP contribution in [0.4, 0.5) is 5.82 Å². The van der Waals surface area contributed by atoms with Gasteiger partial charge in [-0.2, -0.15) is 10.4 Å². The molecule has 1 aliphatic rings. The van der Waals surface area contributed by atoms with Gasteiger partial charge >= 0.3 is 5.97 Å². The number of fused-ring (bicyclic) bond motifs is 1. The fourth-order valence-electron chi connectivity index (χ4n) is 3.69. The first-order chi connectivity index (χ1) is 17.4. The van der Waals surface area contributed by atoms with Crippen LogP contribution >= 0.6 is 0 Å². The summed E-state index contributed by atoms with van der Waals surface area (Å²) in [6.45, 7) is -0.0454. The van der Waals surface area contributed by atoms with Gasteiger partial charge in [0.15, 0.2) is 12.4 Å². The van der Waals surface area contributed by atoms with E-state index in [4.69, 9.17) is 9.47 Å². The molecule has 0 bridgehead atoms. The molecule has 11 heteroatoms. The van der Waals surface area contributed by atoms with E-state index >= 15 is 0 Å². The Labute approximate surface area is 205 Å². The Kier molecular flexibility index (Phi) is 7.17. The van der Waals surface area contributed by atoms with Crippen molar-refractivity contribution in [3.05, 3.63) is 77.0 Å². The molecule has 2 heterocycles. The Morgan fingerprint density at radius 1 is 1.08 bits per heavy atom. The van der Waals surface area contributed by atoms with Crippen LogP contribution in [0.25, 0.3) is 5.69 Å². The maximum absolute atomic E-state index is 12.6. The molecule has 182 valence electrons. The molecule has 3 aromatic rings. The predicted molar refractivity (Wildman–Crippen MR) is 125 cm³/mol. The molecule has 3 amide bonds. The minimum atomic E-state index is -0.844. The highest BCUT2D eigenvalue weighted by atomic mass is 16.5. The van der Waals surface area contributed by atoms with Crippen molar-refractivity contribution in [2.75, 3.05) is 32.2 Å². The number of carbonyl (C=O) groups is 4. The fraction of sp³-hybridized carbons (Fsp3) is 0.200. The normalized spacial score (nSPS) is 12.3. The molecule has 0 atom stereocenters. The van der Waals surface area contributed by atoms with E-state index in [9.17, 15) is 24.4 Å². The van der Waals surface area contributed by atoms with E-state index in [2.05, 4.69) is 10.4 Å². The van der Waals surface area contributed by atoms with Gasteiger partial charge in [0.1, 0.15) is 11.6 Å². The number of carbonyl (C=O) groups excluding carboxylic acids is 4. The largest absolute Gasteiger partial charge is 0.452 e. The number of anilines is 1. The zero-order valence-electron chi connectivity index (χ0n) is 19.3. The molecule has 0 radical (unpaired) electrons. The molecule has 36 heavy (non-hydrogen) atoms. The number of ether oxygens (including phenoxy) is 2. The zero-order valence-corrected chi connectivity index (χ0v) is 19.3. The molecule has 0 saturated carbocycles. The Bertz CT molecular complexity index is 1380. The molecule has 0 saturated heterocycles. The predicted octanol–water partition coefficient (Wildman–Crippen LogP) is 2.17. The number of hydrogen-bond donors (Lipinski definition) is 1. The summed E-state index contributed by atoms with van der Waals surface area (Å²) in [7, 11) is 1.53. The molecular weight excluding hydrogens is 466 g/mol. The van der Waals surface area contributed by atoms with Gasteiger partial charge in [-0.3, -0.25) is 19.3 Å². The topological polar surface area (TPSA) is 144 Å². The molecule has 4 rings (SSSR count). The summed E-state index contributed by atoms with van der Waals surface area (Å²) in [5, 5.41) is 16.0. The van der Waals surface area contributed by atoms with Gasteiger partial charge in [0, 0.05) is 20.3 Å². The number of methoxy groups -OCH3 is 1. The Morgan fingerprint density at radius 3 is 2.56 bits per heavy atom. The number of para-hydroxylation sites is 1. The van der Waals surface area contributed by atoms with Crippen molar-refractivity contribution < 1.29 is 28.7 Å². The van der Waals surface area contributed by atoms with Crippen molar-refractivity contribution in [1.29, 1.82) is 5.26 Å². The fourth-order valence-corrected chi connectivity index (χ4v) is 3.69. The molecule has 0 aliphatic carbocycles. The molecular formula is C25H21N5O6. The standard InChI is InChI=1S/C25H21N5O6/c1-35-11-5-10-29-23(32)19-9-8-16(12-20(19)24(29)33)25(34)36-15-21(31)28-22-17(13-26)14-27-30(22)18-6-3-2-4-7-18/h2-4,6-9,12,14H,5,10-11,15H2,1H3,(H,28,31). The number of nitrogens with one attached hydrogen (secondary N) is 1. The highest BCUT2D eigenvalue weighted by Crippen LogP contribution is 2.25. The van der Waals surface area contributed by atoms with Crippen molar-refractivity contribution >= 4 is 29.5 Å². The maximum atomic E-state index is 12.6. The van der Waals surface area contributed by atoms with Gasteiger partial charge in [-0.15, -0.1) is 0 Å². The Morgan fingerprint density at radius 2 is 1.83 bits per heavy atom. The molecule has 1 aliphatic heterocycles. The van der Waals surface area contributed by atoms with Crippen LogP contribution in [0.3, 0.4) is 0 Å². The van der Waals surface area contributed by atoms with Gasteiger partial charge in [-0.1, -0.05) is 18.2 Å². The van der Waals surface area contributed by atoms with Crippen LogP contribution in [0.2, 0.25) is 0 Å². The van der Waals surface area contributed by atoms with E-state index in [1.54, 1.807) is 24.3 Å². The van der Waals surface area contributed by atoms with E-state index < -0.39 is 30.3 Å². The first-order valence-corrected chi connectivity index (χ1v) is 10.9. The second-order valence-corrected chi connectivity index (χ2v) is 7.76. The van der Waals surface area contributed by atoms with Crippen LogP contribution in [0.15, 0.2) is 54.7 Å². The minimum absolute atomic E-state index is 0.0217. The highest BCUT2D eigenvalue weighted by molar-refractivity contribution is 6.22. The van der Waals surface area contributed by atoms with Gasteiger partial charge in [0.25, 0.3) is 17.7 Å². The van der Waals surface area contributed by atoms with Crippen molar-refractivity contribution in [1.82, 2.24) is 14.7 Å². The first-order valence-electron chi connectivity index (χ1n) is 10.9. The van der Waals surface area contributed by atoms with E-state index in [0.717, 1.165) is 4.90 Å². The van der Waals surface area contributed by atoms with E-state index in [0.29, 0.717) is 18.7 Å². The number of nitrogens with zero attached hydrogens (tertiary/aromatic N) is 4. The average Bonchev–Trinajstić information content (AvgIpc) is 3.41. The molecule has 1 aromatic heterocycles. The van der Waals surface area contributed by atoms with Gasteiger partial charge in [0.2, 0.25) is 0 Å². The zero-order chi connectivity index (χ0) is 25.7. The van der Waals surface area contributed by atoms with E-state index in [1.807, 2.05) is 12.1 Å². The second-order valence-electron chi connectivity index (χ2n) is 7.76. The number of benzene rings is 2. The van der Waals surface area contributed by atoms with Gasteiger partial charge < -0.3 is 14.8 Å². The lowest BCUT2D eigenvalue weighted by atomic mass is 10.1. The number of hydrogen-bond acceptors (Lipinski definition) is 8. The van der Waals surface area contributed by atoms with Crippen LogP contribution in [-0.4, -0.2) is 65.2 Å². The summed E-state index contributed by atoms with van der Waals surface area (Å²) in [5.74, 6) is -2.33. The quantitative estimate of drug-likeness (QED) is 0.275. The van der Waals surface area contributed by atoms with Gasteiger partial charge in [-0.25, -0.2) is 9.48 Å². The number of nitriles is 1.